The van der Waals surface area contributed by atoms with Crippen molar-refractivity contribution in [1.29, 1.82) is 0 Å². The van der Waals surface area contributed by atoms with Gasteiger partial charge in [-0.2, -0.15) is 0 Å². The molecule has 1 N–H and O–H groups in total. The lowest BCUT2D eigenvalue weighted by Gasteiger charge is -2.39. The molecule has 1 saturated carbocycles. The molecule has 0 saturated heterocycles. The van der Waals surface area contributed by atoms with Gasteiger partial charge in [0.2, 0.25) is 0 Å². The Hall–Kier alpha value is -0.300. The zero-order valence-corrected chi connectivity index (χ0v) is 8.43. The van der Waals surface area contributed by atoms with Crippen LogP contribution in [0.2, 0.25) is 0 Å². The lowest BCUT2D eigenvalue weighted by atomic mass is 9.71. The lowest BCUT2D eigenvalue weighted by molar-refractivity contribution is -0.0342. The highest BCUT2D eigenvalue weighted by Gasteiger charge is 2.35. The molecule has 2 unspecified atom stereocenters. The van der Waals surface area contributed by atoms with Crippen LogP contribution in [0.15, 0.2) is 12.2 Å². The third-order valence-corrected chi connectivity index (χ3v) is 3.40. The smallest absolute Gasteiger partial charge is 0.0645 e. The summed E-state index contributed by atoms with van der Waals surface area (Å²) in [6.07, 6.45) is 3.13. The summed E-state index contributed by atoms with van der Waals surface area (Å²) in [7, 11) is 0. The van der Waals surface area contributed by atoms with E-state index in [1.807, 2.05) is 6.92 Å². The van der Waals surface area contributed by atoms with Crippen LogP contribution in [0.5, 0.6) is 0 Å². The summed E-state index contributed by atoms with van der Waals surface area (Å²) in [6.45, 7) is 10.2. The van der Waals surface area contributed by atoms with Crippen molar-refractivity contribution >= 4 is 0 Å². The number of hydrogen-bond acceptors (Lipinski definition) is 1. The Bertz CT molecular complexity index is 181. The van der Waals surface area contributed by atoms with Crippen molar-refractivity contribution in [1.82, 2.24) is 0 Å². The molecule has 70 valence electrons. The summed E-state index contributed by atoms with van der Waals surface area (Å²) in [4.78, 5) is 0. The zero-order valence-electron chi connectivity index (χ0n) is 8.43. The first-order chi connectivity index (χ1) is 5.43. The van der Waals surface area contributed by atoms with E-state index >= 15 is 0 Å². The molecule has 0 aromatic carbocycles. The van der Waals surface area contributed by atoms with Gasteiger partial charge in [0.25, 0.3) is 0 Å². The van der Waals surface area contributed by atoms with Crippen molar-refractivity contribution in [3.05, 3.63) is 12.2 Å². The molecular weight excluding hydrogens is 148 g/mol. The largest absolute Gasteiger partial charge is 0.390 e. The summed E-state index contributed by atoms with van der Waals surface area (Å²) >= 11 is 0. The first-order valence-corrected chi connectivity index (χ1v) is 4.81. The van der Waals surface area contributed by atoms with Gasteiger partial charge >= 0.3 is 0 Å². The average molecular weight is 168 g/mol. The summed E-state index contributed by atoms with van der Waals surface area (Å²) < 4.78 is 0. The van der Waals surface area contributed by atoms with Crippen molar-refractivity contribution in [2.45, 2.75) is 45.6 Å². The molecule has 1 aliphatic rings. The Balaban J connectivity index is 2.58. The zero-order chi connectivity index (χ0) is 9.35. The van der Waals surface area contributed by atoms with E-state index in [9.17, 15) is 5.11 Å². The molecular formula is C11H20O. The fraction of sp³-hybridized carbons (Fsp3) is 0.818. The summed E-state index contributed by atoms with van der Waals surface area (Å²) in [5, 5.41) is 9.91. The molecule has 1 heteroatoms. The van der Waals surface area contributed by atoms with E-state index in [0.717, 1.165) is 19.3 Å². The van der Waals surface area contributed by atoms with Gasteiger partial charge in [0.1, 0.15) is 0 Å². The molecule has 0 aromatic heterocycles. The molecule has 1 fully saturated rings. The predicted octanol–water partition coefficient (Wildman–Crippen LogP) is 2.75. The summed E-state index contributed by atoms with van der Waals surface area (Å²) in [5.74, 6) is 1.05. The minimum absolute atomic E-state index is 0.410. The Morgan fingerprint density at radius 3 is 2.58 bits per heavy atom. The normalized spacial score (nSPS) is 42.7. The van der Waals surface area contributed by atoms with Crippen molar-refractivity contribution in [3.63, 3.8) is 0 Å². The Kier molecular flexibility index (Phi) is 2.62. The van der Waals surface area contributed by atoms with Gasteiger partial charge < -0.3 is 5.11 Å². The quantitative estimate of drug-likeness (QED) is 0.597. The SMILES string of the molecule is C=C(C)[C@H]1CCC(C)(O)C(C)C1. The molecule has 3 atom stereocenters. The van der Waals surface area contributed by atoms with Crippen LogP contribution in [0.4, 0.5) is 0 Å². The van der Waals surface area contributed by atoms with Crippen LogP contribution in [0.25, 0.3) is 0 Å². The van der Waals surface area contributed by atoms with Gasteiger partial charge in [-0.1, -0.05) is 19.1 Å². The third kappa shape index (κ3) is 1.89. The van der Waals surface area contributed by atoms with Crippen LogP contribution in [-0.4, -0.2) is 10.7 Å². The molecule has 0 spiro atoms. The molecule has 12 heavy (non-hydrogen) atoms. The van der Waals surface area contributed by atoms with Crippen molar-refractivity contribution in [2.24, 2.45) is 11.8 Å². The Morgan fingerprint density at radius 2 is 2.17 bits per heavy atom. The van der Waals surface area contributed by atoms with E-state index in [-0.39, 0.29) is 0 Å². The molecule has 0 bridgehead atoms. The molecule has 0 radical (unpaired) electrons. The van der Waals surface area contributed by atoms with Gasteiger partial charge in [-0.15, -0.1) is 0 Å². The maximum atomic E-state index is 9.91. The Labute approximate surface area is 75.5 Å². The molecule has 0 aliphatic heterocycles. The van der Waals surface area contributed by atoms with E-state index < -0.39 is 5.60 Å². The van der Waals surface area contributed by atoms with Gasteiger partial charge in [0.05, 0.1) is 5.60 Å². The number of allylic oxidation sites excluding steroid dienone is 1. The summed E-state index contributed by atoms with van der Waals surface area (Å²) in [6, 6.07) is 0. The van der Waals surface area contributed by atoms with Crippen LogP contribution >= 0.6 is 0 Å². The molecule has 0 aromatic rings. The standard InChI is InChI=1S/C11H20O/c1-8(2)10-5-6-11(4,12)9(3)7-10/h9-10,12H,1,5-7H2,2-4H3/t9?,10-,11?/m0/s1. The van der Waals surface area contributed by atoms with Gasteiger partial charge in [-0.05, 0) is 44.9 Å². The Morgan fingerprint density at radius 1 is 1.58 bits per heavy atom. The number of hydrogen-bond donors (Lipinski definition) is 1. The second-order valence-electron chi connectivity index (χ2n) is 4.58. The molecule has 1 nitrogen and oxygen atoms in total. The second kappa shape index (κ2) is 3.21. The van der Waals surface area contributed by atoms with E-state index in [0.29, 0.717) is 11.8 Å². The minimum atomic E-state index is -0.439. The average Bonchev–Trinajstić information content (AvgIpc) is 1.94. The van der Waals surface area contributed by atoms with E-state index in [1.54, 1.807) is 0 Å². The molecule has 1 rings (SSSR count). The molecule has 1 aliphatic carbocycles. The van der Waals surface area contributed by atoms with Crippen LogP contribution in [0, 0.1) is 11.8 Å². The highest BCUT2D eigenvalue weighted by Crippen LogP contribution is 2.38. The lowest BCUT2D eigenvalue weighted by Crippen LogP contribution is -2.38. The fourth-order valence-electron chi connectivity index (χ4n) is 1.96. The summed E-state index contributed by atoms with van der Waals surface area (Å²) in [5.41, 5.74) is 0.837. The van der Waals surface area contributed by atoms with Crippen LogP contribution < -0.4 is 0 Å². The number of rotatable bonds is 1. The molecule has 0 heterocycles. The van der Waals surface area contributed by atoms with Gasteiger partial charge in [0, 0.05) is 0 Å². The monoisotopic (exact) mass is 168 g/mol. The van der Waals surface area contributed by atoms with Crippen LogP contribution in [-0.2, 0) is 0 Å². The van der Waals surface area contributed by atoms with E-state index in [1.165, 1.54) is 5.57 Å². The van der Waals surface area contributed by atoms with E-state index in [2.05, 4.69) is 20.4 Å². The van der Waals surface area contributed by atoms with Gasteiger partial charge in [-0.3, -0.25) is 0 Å². The maximum absolute atomic E-state index is 9.91. The van der Waals surface area contributed by atoms with Crippen molar-refractivity contribution in [3.8, 4) is 0 Å². The highest BCUT2D eigenvalue weighted by atomic mass is 16.3. The topological polar surface area (TPSA) is 20.2 Å². The van der Waals surface area contributed by atoms with Gasteiger partial charge in [-0.25, -0.2) is 0 Å². The third-order valence-electron chi connectivity index (χ3n) is 3.40. The van der Waals surface area contributed by atoms with Gasteiger partial charge in [0.15, 0.2) is 0 Å². The van der Waals surface area contributed by atoms with E-state index in [4.69, 9.17) is 0 Å². The fourth-order valence-corrected chi connectivity index (χ4v) is 1.96. The number of aliphatic hydroxyl groups is 1. The van der Waals surface area contributed by atoms with Crippen LogP contribution in [0.3, 0.4) is 0 Å². The molecule has 0 amide bonds. The van der Waals surface area contributed by atoms with Crippen LogP contribution in [0.1, 0.15) is 40.0 Å². The first-order valence-electron chi connectivity index (χ1n) is 4.81. The first kappa shape index (κ1) is 9.79. The highest BCUT2D eigenvalue weighted by molar-refractivity contribution is 5.01. The van der Waals surface area contributed by atoms with Crippen molar-refractivity contribution in [2.75, 3.05) is 0 Å². The second-order valence-corrected chi connectivity index (χ2v) is 4.58. The minimum Gasteiger partial charge on any atom is -0.390 e. The van der Waals surface area contributed by atoms with Crippen molar-refractivity contribution < 1.29 is 5.11 Å². The predicted molar refractivity (Wildman–Crippen MR) is 51.9 cm³/mol. The maximum Gasteiger partial charge on any atom is 0.0645 e.